The van der Waals surface area contributed by atoms with Gasteiger partial charge in [0.1, 0.15) is 6.61 Å². The summed E-state index contributed by atoms with van der Waals surface area (Å²) in [5, 5.41) is 0. The molecule has 734 valence electrons. The Kier molecular flexibility index (Phi) is 119. The second-order valence-electron chi connectivity index (χ2n) is 24.4. The van der Waals surface area contributed by atoms with Crippen LogP contribution >= 0.6 is 23.0 Å². The van der Waals surface area contributed by atoms with Gasteiger partial charge in [0, 0.05) is 6.61 Å². The van der Waals surface area contributed by atoms with Gasteiger partial charge in [0.25, 0.3) is 0 Å². The summed E-state index contributed by atoms with van der Waals surface area (Å²) in [5.41, 5.74) is 0. The van der Waals surface area contributed by atoms with Crippen molar-refractivity contribution in [3.63, 3.8) is 0 Å². The van der Waals surface area contributed by atoms with Crippen LogP contribution in [0.1, 0.15) is 6.92 Å². The van der Waals surface area contributed by atoms with Crippen LogP contribution in [0.5, 0.6) is 0 Å². The van der Waals surface area contributed by atoms with Crippen molar-refractivity contribution >= 4 is 23.0 Å². The zero-order valence-corrected chi connectivity index (χ0v) is 76.1. The van der Waals surface area contributed by atoms with Crippen molar-refractivity contribution in [1.29, 1.82) is 0 Å². The summed E-state index contributed by atoms with van der Waals surface area (Å²) in [5.74, 6) is 0. The second-order valence-corrected chi connectivity index (χ2v) is 24.7. The van der Waals surface area contributed by atoms with Gasteiger partial charge in [0.05, 0.1) is 509 Å². The van der Waals surface area contributed by atoms with Crippen molar-refractivity contribution in [2.45, 2.75) is 6.92 Å². The maximum absolute atomic E-state index is 5.55. The predicted molar refractivity (Wildman–Crippen MR) is 449 cm³/mol. The lowest BCUT2D eigenvalue weighted by atomic mass is 10.6. The molecule has 41 nitrogen and oxygen atoms in total. The van der Waals surface area contributed by atoms with Crippen molar-refractivity contribution in [3.05, 3.63) is 0 Å². The maximum atomic E-state index is 5.55. The van der Waals surface area contributed by atoms with Gasteiger partial charge < -0.3 is 185 Å². The van der Waals surface area contributed by atoms with Gasteiger partial charge in [-0.2, -0.15) is 3.22 Å². The maximum Gasteiger partial charge on any atom is 0.155 e. The molecule has 0 rings (SSSR count). The summed E-state index contributed by atoms with van der Waals surface area (Å²) in [4.78, 5) is 4.69. The van der Waals surface area contributed by atoms with Gasteiger partial charge in [-0.25, -0.2) is 4.89 Å². The SMILES string of the molecule is CCOCCOCCOCCOCCOCCOCCOCCOCCOCCOCCOCCOCCOCCOCCOCCOCCOCCOCCOCCOCCOCCOCCOCCOCCOCCOCCOCCOCCOCCOCCOCCOCCOCCOCCOCCOCCOCCOCCOCCOOI. The van der Waals surface area contributed by atoms with E-state index in [2.05, 4.69) is 8.10 Å². The molecule has 0 aliphatic rings. The third-order valence-corrected chi connectivity index (χ3v) is 15.0. The zero-order valence-electron chi connectivity index (χ0n) is 74.0. The van der Waals surface area contributed by atoms with E-state index in [0.717, 1.165) is 0 Å². The molecule has 0 aromatic carbocycles. The minimum absolute atomic E-state index is 0.379. The van der Waals surface area contributed by atoms with Gasteiger partial charge in [-0.15, -0.1) is 0 Å². The summed E-state index contributed by atoms with van der Waals surface area (Å²) in [6, 6.07) is 0. The van der Waals surface area contributed by atoms with E-state index >= 15 is 0 Å². The number of halogens is 1. The van der Waals surface area contributed by atoms with Gasteiger partial charge in [0.2, 0.25) is 0 Å². The first kappa shape index (κ1) is 121. The Bertz CT molecular complexity index is 1580. The molecular formula is C80H161IO41. The van der Waals surface area contributed by atoms with Crippen LogP contribution in [0.2, 0.25) is 0 Å². The molecule has 0 aliphatic carbocycles. The van der Waals surface area contributed by atoms with E-state index in [9.17, 15) is 0 Å². The molecule has 0 saturated heterocycles. The van der Waals surface area contributed by atoms with E-state index in [1.165, 1.54) is 0 Å². The first-order chi connectivity index (χ1) is 60.9. The van der Waals surface area contributed by atoms with Crippen molar-refractivity contribution < 1.29 is 193 Å². The minimum Gasteiger partial charge on any atom is -0.379 e. The Labute approximate surface area is 741 Å². The third kappa shape index (κ3) is 119. The van der Waals surface area contributed by atoms with Crippen LogP contribution in [0, 0.1) is 0 Å². The molecule has 0 unspecified atom stereocenters. The van der Waals surface area contributed by atoms with E-state index in [-0.39, 0.29) is 0 Å². The van der Waals surface area contributed by atoms with Gasteiger partial charge in [-0.05, 0) is 6.92 Å². The lowest BCUT2D eigenvalue weighted by Crippen LogP contribution is -2.16. The van der Waals surface area contributed by atoms with Crippen LogP contribution in [-0.4, -0.2) is 522 Å². The summed E-state index contributed by atoms with van der Waals surface area (Å²) in [6.07, 6.45) is 0. The Morgan fingerprint density at radius 3 is 0.205 bits per heavy atom. The molecule has 0 radical (unpaired) electrons. The molecule has 0 aromatic heterocycles. The molecule has 0 amide bonds. The Hall–Kier alpha value is -0.910. The highest BCUT2D eigenvalue weighted by Gasteiger charge is 2.05. The molecule has 0 fully saturated rings. The van der Waals surface area contributed by atoms with Gasteiger partial charge in [-0.3, -0.25) is 0 Å². The van der Waals surface area contributed by atoms with Crippen molar-refractivity contribution in [2.24, 2.45) is 0 Å². The Balaban J connectivity index is 3.10. The smallest absolute Gasteiger partial charge is 0.155 e. The van der Waals surface area contributed by atoms with E-state index in [0.29, 0.717) is 522 Å². The van der Waals surface area contributed by atoms with Crippen LogP contribution in [0.25, 0.3) is 0 Å². The van der Waals surface area contributed by atoms with Gasteiger partial charge in [-0.1, -0.05) is 0 Å². The number of rotatable bonds is 119. The molecule has 0 N–H and O–H groups in total. The fourth-order valence-electron chi connectivity index (χ4n) is 8.63. The standard InChI is InChI=1S/C80H161IO41/c1-2-82-3-4-83-5-6-84-7-8-85-9-10-86-11-12-87-13-14-88-15-16-89-17-18-90-19-20-91-21-22-92-23-24-93-25-26-94-27-28-95-29-30-96-31-32-97-33-34-98-35-36-99-37-38-100-39-40-101-41-42-102-43-44-103-45-46-104-47-48-105-49-50-106-51-52-107-53-54-108-55-56-109-57-58-110-59-60-111-61-62-112-63-64-113-65-66-114-67-68-115-69-70-116-71-72-117-73-74-118-75-76-119-77-78-120-79-80-121-122-81/h2-80H2,1H3. The van der Waals surface area contributed by atoms with E-state index < -0.39 is 0 Å². The lowest BCUT2D eigenvalue weighted by Gasteiger charge is -2.09. The molecule has 0 aromatic rings. The van der Waals surface area contributed by atoms with Crippen LogP contribution in [0.15, 0.2) is 0 Å². The highest BCUT2D eigenvalue weighted by molar-refractivity contribution is 14.1. The molecule has 0 heterocycles. The van der Waals surface area contributed by atoms with Crippen molar-refractivity contribution in [2.75, 3.05) is 522 Å². The lowest BCUT2D eigenvalue weighted by molar-refractivity contribution is -0.178. The molecule has 0 bridgehead atoms. The summed E-state index contributed by atoms with van der Waals surface area (Å²) < 4.78 is 219. The van der Waals surface area contributed by atoms with Gasteiger partial charge in [0.15, 0.2) is 23.0 Å². The third-order valence-electron chi connectivity index (χ3n) is 14.7. The predicted octanol–water partition coefficient (Wildman–Crippen LogP) is 1.95. The first-order valence-electron chi connectivity index (χ1n) is 43.3. The molecule has 42 heteroatoms. The van der Waals surface area contributed by atoms with Crippen LogP contribution in [-0.2, 0) is 193 Å². The van der Waals surface area contributed by atoms with Gasteiger partial charge >= 0.3 is 0 Å². The van der Waals surface area contributed by atoms with Crippen LogP contribution in [0.3, 0.4) is 0 Å². The summed E-state index contributed by atoms with van der Waals surface area (Å²) >= 11 is 1.65. The highest BCUT2D eigenvalue weighted by Crippen LogP contribution is 1.96. The zero-order chi connectivity index (χ0) is 86.9. The number of hydrogen-bond acceptors (Lipinski definition) is 41. The summed E-state index contributed by atoms with van der Waals surface area (Å²) in [7, 11) is 0. The van der Waals surface area contributed by atoms with E-state index in [4.69, 9.17) is 185 Å². The topological polar surface area (TPSA) is 378 Å². The normalized spacial score (nSPS) is 11.9. The average molecular weight is 1910 g/mol. The number of ether oxygens (including phenoxy) is 39. The highest BCUT2D eigenvalue weighted by atomic mass is 127. The first-order valence-corrected chi connectivity index (χ1v) is 44.2. The largest absolute Gasteiger partial charge is 0.379 e. The second kappa shape index (κ2) is 120. The molecule has 0 aliphatic heterocycles. The molecule has 122 heavy (non-hydrogen) atoms. The van der Waals surface area contributed by atoms with Crippen molar-refractivity contribution in [3.8, 4) is 0 Å². The molecule has 0 saturated carbocycles. The number of hydrogen-bond donors (Lipinski definition) is 0. The fraction of sp³-hybridized carbons (Fsp3) is 1.00. The molecule has 0 spiro atoms. The van der Waals surface area contributed by atoms with E-state index in [1.54, 1.807) is 23.0 Å². The fourth-order valence-corrected chi connectivity index (χ4v) is 8.81. The van der Waals surface area contributed by atoms with Crippen molar-refractivity contribution in [1.82, 2.24) is 0 Å². The molecule has 0 atom stereocenters. The average Bonchev–Trinajstić information content (AvgIpc) is 1.30. The minimum atomic E-state index is 0.379. The van der Waals surface area contributed by atoms with Crippen LogP contribution < -0.4 is 0 Å². The Morgan fingerprint density at radius 2 is 0.148 bits per heavy atom. The van der Waals surface area contributed by atoms with Crippen LogP contribution in [0.4, 0.5) is 0 Å². The van der Waals surface area contributed by atoms with E-state index in [1.807, 2.05) is 6.92 Å². The molecular weight excluding hydrogens is 1740 g/mol. The summed E-state index contributed by atoms with van der Waals surface area (Å²) in [6.45, 7) is 40.6. The monoisotopic (exact) mass is 1900 g/mol. The quantitative estimate of drug-likeness (QED) is 0.0363. The Morgan fingerprint density at radius 1 is 0.0902 bits per heavy atom.